The lowest BCUT2D eigenvalue weighted by Gasteiger charge is -2.19. The van der Waals surface area contributed by atoms with E-state index in [0.717, 1.165) is 21.6 Å². The van der Waals surface area contributed by atoms with E-state index in [1.807, 2.05) is 39.1 Å². The molecule has 8 heteroatoms. The number of aromatic nitrogens is 4. The Labute approximate surface area is 137 Å². The summed E-state index contributed by atoms with van der Waals surface area (Å²) in [6.45, 7) is 5.75. The van der Waals surface area contributed by atoms with Crippen molar-refractivity contribution >= 4 is 28.5 Å². The summed E-state index contributed by atoms with van der Waals surface area (Å²) >= 11 is 1.43. The van der Waals surface area contributed by atoms with Gasteiger partial charge in [0.1, 0.15) is 21.3 Å². The van der Waals surface area contributed by atoms with E-state index in [0.29, 0.717) is 5.01 Å². The van der Waals surface area contributed by atoms with Gasteiger partial charge in [0.15, 0.2) is 0 Å². The molecule has 23 heavy (non-hydrogen) atoms. The van der Waals surface area contributed by atoms with Crippen molar-refractivity contribution in [3.63, 3.8) is 0 Å². The van der Waals surface area contributed by atoms with E-state index in [1.54, 1.807) is 6.20 Å². The maximum Gasteiger partial charge on any atom is 0.408 e. The molecule has 2 N–H and O–H groups in total. The van der Waals surface area contributed by atoms with Crippen molar-refractivity contribution in [3.05, 3.63) is 29.5 Å². The van der Waals surface area contributed by atoms with Gasteiger partial charge in [-0.05, 0) is 32.9 Å². The predicted octanol–water partition coefficient (Wildman–Crippen LogP) is 3.11. The van der Waals surface area contributed by atoms with Gasteiger partial charge in [0.25, 0.3) is 0 Å². The molecule has 0 saturated carbocycles. The normalized spacial score (nSPS) is 11.6. The van der Waals surface area contributed by atoms with Gasteiger partial charge in [-0.25, -0.2) is 9.78 Å². The van der Waals surface area contributed by atoms with Gasteiger partial charge < -0.3 is 15.0 Å². The zero-order valence-electron chi connectivity index (χ0n) is 13.1. The van der Waals surface area contributed by atoms with Gasteiger partial charge in [0.2, 0.25) is 0 Å². The van der Waals surface area contributed by atoms with E-state index in [2.05, 4.69) is 25.5 Å². The van der Waals surface area contributed by atoms with Gasteiger partial charge >= 0.3 is 6.09 Å². The van der Waals surface area contributed by atoms with Gasteiger partial charge in [0, 0.05) is 23.3 Å². The second-order valence-corrected chi connectivity index (χ2v) is 7.02. The van der Waals surface area contributed by atoms with Crippen LogP contribution in [-0.2, 0) is 11.3 Å². The molecule has 3 rings (SSSR count). The number of carbonyl (C=O) groups is 1. The SMILES string of the molecule is CC(C)(C)OC(=O)NCc1nnc(-c2c[nH]c3ncccc23)s1. The highest BCUT2D eigenvalue weighted by atomic mass is 32.1. The monoisotopic (exact) mass is 331 g/mol. The molecule has 0 aliphatic carbocycles. The zero-order valence-corrected chi connectivity index (χ0v) is 13.9. The van der Waals surface area contributed by atoms with Gasteiger partial charge in [-0.15, -0.1) is 10.2 Å². The van der Waals surface area contributed by atoms with Crippen LogP contribution in [0.2, 0.25) is 0 Å². The highest BCUT2D eigenvalue weighted by molar-refractivity contribution is 7.14. The molecule has 7 nitrogen and oxygen atoms in total. The third-order valence-corrected chi connectivity index (χ3v) is 3.89. The van der Waals surface area contributed by atoms with E-state index in [-0.39, 0.29) is 6.54 Å². The Bertz CT molecular complexity index is 834. The molecule has 0 radical (unpaired) electrons. The van der Waals surface area contributed by atoms with E-state index in [9.17, 15) is 4.79 Å². The van der Waals surface area contributed by atoms with Crippen molar-refractivity contribution in [3.8, 4) is 10.6 Å². The molecular weight excluding hydrogens is 314 g/mol. The molecule has 3 aromatic heterocycles. The number of hydrogen-bond donors (Lipinski definition) is 2. The second kappa shape index (κ2) is 5.96. The fourth-order valence-electron chi connectivity index (χ4n) is 2.03. The Morgan fingerprint density at radius 1 is 1.39 bits per heavy atom. The summed E-state index contributed by atoms with van der Waals surface area (Å²) in [6, 6.07) is 3.86. The maximum absolute atomic E-state index is 11.7. The van der Waals surface area contributed by atoms with Crippen LogP contribution in [0.1, 0.15) is 25.8 Å². The predicted molar refractivity (Wildman–Crippen MR) is 88.1 cm³/mol. The van der Waals surface area contributed by atoms with Crippen molar-refractivity contribution in [2.24, 2.45) is 0 Å². The highest BCUT2D eigenvalue weighted by Crippen LogP contribution is 2.29. The molecule has 0 aliphatic heterocycles. The van der Waals surface area contributed by atoms with Crippen molar-refractivity contribution in [2.75, 3.05) is 0 Å². The largest absolute Gasteiger partial charge is 0.444 e. The summed E-state index contributed by atoms with van der Waals surface area (Å²) < 4.78 is 5.19. The third kappa shape index (κ3) is 3.65. The van der Waals surface area contributed by atoms with E-state index in [4.69, 9.17) is 4.74 Å². The van der Waals surface area contributed by atoms with Gasteiger partial charge in [-0.2, -0.15) is 0 Å². The number of carbonyl (C=O) groups excluding carboxylic acids is 1. The molecule has 120 valence electrons. The number of nitrogens with one attached hydrogen (secondary N) is 2. The number of pyridine rings is 1. The van der Waals surface area contributed by atoms with Crippen molar-refractivity contribution in [2.45, 2.75) is 32.9 Å². The van der Waals surface area contributed by atoms with E-state index in [1.165, 1.54) is 11.3 Å². The number of alkyl carbamates (subject to hydrolysis) is 1. The minimum absolute atomic E-state index is 0.285. The van der Waals surface area contributed by atoms with Gasteiger partial charge in [0.05, 0.1) is 6.54 Å². The number of rotatable bonds is 3. The average molecular weight is 331 g/mol. The van der Waals surface area contributed by atoms with Crippen LogP contribution in [0.15, 0.2) is 24.5 Å². The summed E-state index contributed by atoms with van der Waals surface area (Å²) in [6.07, 6.45) is 3.13. The van der Waals surface area contributed by atoms with Crippen molar-refractivity contribution in [1.29, 1.82) is 0 Å². The fourth-order valence-corrected chi connectivity index (χ4v) is 2.84. The lowest BCUT2D eigenvalue weighted by molar-refractivity contribution is 0.0523. The van der Waals surface area contributed by atoms with Crippen molar-refractivity contribution in [1.82, 2.24) is 25.5 Å². The molecule has 0 aromatic carbocycles. The Morgan fingerprint density at radius 2 is 2.22 bits per heavy atom. The molecule has 0 saturated heterocycles. The molecule has 0 aliphatic rings. The number of aromatic amines is 1. The van der Waals surface area contributed by atoms with Crippen LogP contribution in [0, 0.1) is 0 Å². The lowest BCUT2D eigenvalue weighted by Crippen LogP contribution is -2.32. The molecule has 0 spiro atoms. The number of amides is 1. The molecular formula is C15H17N5O2S. The molecule has 0 fully saturated rings. The molecule has 0 bridgehead atoms. The van der Waals surface area contributed by atoms with Crippen LogP contribution >= 0.6 is 11.3 Å². The van der Waals surface area contributed by atoms with E-state index >= 15 is 0 Å². The number of hydrogen-bond acceptors (Lipinski definition) is 6. The minimum Gasteiger partial charge on any atom is -0.444 e. The van der Waals surface area contributed by atoms with E-state index < -0.39 is 11.7 Å². The number of nitrogens with zero attached hydrogens (tertiary/aromatic N) is 3. The summed E-state index contributed by atoms with van der Waals surface area (Å²) in [5, 5.41) is 13.5. The number of H-pyrrole nitrogens is 1. The highest BCUT2D eigenvalue weighted by Gasteiger charge is 2.17. The molecule has 0 atom stereocenters. The zero-order chi connectivity index (χ0) is 16.4. The first-order chi connectivity index (χ1) is 10.9. The summed E-state index contributed by atoms with van der Waals surface area (Å²) in [7, 11) is 0. The van der Waals surface area contributed by atoms with Crippen molar-refractivity contribution < 1.29 is 9.53 Å². The minimum atomic E-state index is -0.520. The first-order valence-electron chi connectivity index (χ1n) is 7.14. The Morgan fingerprint density at radius 3 is 3.00 bits per heavy atom. The maximum atomic E-state index is 11.7. The summed E-state index contributed by atoms with van der Waals surface area (Å²) in [5.41, 5.74) is 1.24. The van der Waals surface area contributed by atoms with Crippen LogP contribution in [0.25, 0.3) is 21.6 Å². The number of ether oxygens (including phenoxy) is 1. The average Bonchev–Trinajstić information content (AvgIpc) is 3.09. The molecule has 3 aromatic rings. The Balaban J connectivity index is 1.70. The topological polar surface area (TPSA) is 92.8 Å². The summed E-state index contributed by atoms with van der Waals surface area (Å²) in [5.74, 6) is 0. The van der Waals surface area contributed by atoms with Crippen LogP contribution in [0.5, 0.6) is 0 Å². The fraction of sp³-hybridized carbons (Fsp3) is 0.333. The first-order valence-corrected chi connectivity index (χ1v) is 7.96. The van der Waals surface area contributed by atoms with Gasteiger partial charge in [-0.1, -0.05) is 11.3 Å². The van der Waals surface area contributed by atoms with Gasteiger partial charge in [-0.3, -0.25) is 0 Å². The Hall–Kier alpha value is -2.48. The second-order valence-electron chi connectivity index (χ2n) is 5.96. The van der Waals surface area contributed by atoms with Crippen LogP contribution in [0.3, 0.4) is 0 Å². The third-order valence-electron chi connectivity index (χ3n) is 2.93. The number of fused-ring (bicyclic) bond motifs is 1. The standard InChI is InChI=1S/C15H17N5O2S/c1-15(2,3)22-14(21)18-8-11-19-20-13(23-11)10-7-17-12-9(10)5-4-6-16-12/h4-7H,8H2,1-3H3,(H,16,17)(H,18,21). The molecule has 1 amide bonds. The lowest BCUT2D eigenvalue weighted by atomic mass is 10.2. The molecule has 3 heterocycles. The quantitative estimate of drug-likeness (QED) is 0.769. The smallest absolute Gasteiger partial charge is 0.408 e. The molecule has 0 unspecified atom stereocenters. The van der Waals surface area contributed by atoms with Crippen LogP contribution < -0.4 is 5.32 Å². The Kier molecular flexibility index (Phi) is 3.99. The van der Waals surface area contributed by atoms with Crippen LogP contribution in [0.4, 0.5) is 4.79 Å². The first kappa shape index (κ1) is 15.4. The van der Waals surface area contributed by atoms with Crippen LogP contribution in [-0.4, -0.2) is 31.9 Å². The summed E-state index contributed by atoms with van der Waals surface area (Å²) in [4.78, 5) is 19.0.